The number of imidazole rings is 1. The third-order valence-electron chi connectivity index (χ3n) is 3.32. The van der Waals surface area contributed by atoms with Gasteiger partial charge in [-0.3, -0.25) is 4.90 Å². The van der Waals surface area contributed by atoms with Gasteiger partial charge in [0.1, 0.15) is 0 Å². The summed E-state index contributed by atoms with van der Waals surface area (Å²) in [6.07, 6.45) is 4.08. The zero-order valence-corrected chi connectivity index (χ0v) is 12.1. The highest BCUT2D eigenvalue weighted by molar-refractivity contribution is 4.96. The van der Waals surface area contributed by atoms with Crippen molar-refractivity contribution in [3.63, 3.8) is 0 Å². The van der Waals surface area contributed by atoms with Gasteiger partial charge in [0.15, 0.2) is 0 Å². The van der Waals surface area contributed by atoms with Gasteiger partial charge in [-0.15, -0.1) is 0 Å². The van der Waals surface area contributed by atoms with Gasteiger partial charge in [-0.2, -0.15) is 0 Å². The first-order valence-electron chi connectivity index (χ1n) is 7.25. The minimum absolute atomic E-state index is 0.684. The third-order valence-corrected chi connectivity index (χ3v) is 3.32. The molecule has 0 bridgehead atoms. The lowest BCUT2D eigenvalue weighted by Crippen LogP contribution is -2.38. The average Bonchev–Trinajstić information content (AvgIpc) is 2.85. The molecular formula is C14H26N4O. The van der Waals surface area contributed by atoms with Crippen LogP contribution in [0, 0.1) is 5.92 Å². The van der Waals surface area contributed by atoms with E-state index in [2.05, 4.69) is 39.8 Å². The van der Waals surface area contributed by atoms with Crippen LogP contribution in [0.15, 0.2) is 12.5 Å². The van der Waals surface area contributed by atoms with E-state index in [1.54, 1.807) is 0 Å². The Bertz CT molecular complexity index is 358. The first-order chi connectivity index (χ1) is 9.24. The molecule has 108 valence electrons. The second-order valence-electron chi connectivity index (χ2n) is 5.58. The molecule has 1 aliphatic heterocycles. The van der Waals surface area contributed by atoms with Crippen molar-refractivity contribution in [3.05, 3.63) is 18.2 Å². The predicted molar refractivity (Wildman–Crippen MR) is 76.0 cm³/mol. The Morgan fingerprint density at radius 2 is 2.11 bits per heavy atom. The van der Waals surface area contributed by atoms with Crippen molar-refractivity contribution in [2.24, 2.45) is 5.92 Å². The summed E-state index contributed by atoms with van der Waals surface area (Å²) >= 11 is 0. The molecule has 0 aliphatic carbocycles. The molecule has 2 heterocycles. The SMILES string of the molecule is CC(C)CNCc1cn(CCN2CCOCC2)cn1. The van der Waals surface area contributed by atoms with E-state index in [1.807, 2.05) is 6.33 Å². The molecule has 0 radical (unpaired) electrons. The van der Waals surface area contributed by atoms with E-state index in [1.165, 1.54) is 0 Å². The van der Waals surface area contributed by atoms with Crippen LogP contribution in [0.1, 0.15) is 19.5 Å². The zero-order valence-electron chi connectivity index (χ0n) is 12.1. The minimum Gasteiger partial charge on any atom is -0.379 e. The predicted octanol–water partition coefficient (Wildman–Crippen LogP) is 0.961. The normalized spacial score (nSPS) is 17.2. The molecule has 0 spiro atoms. The number of hydrogen-bond donors (Lipinski definition) is 1. The molecule has 2 rings (SSSR count). The molecular weight excluding hydrogens is 240 g/mol. The first-order valence-corrected chi connectivity index (χ1v) is 7.25. The molecule has 0 saturated carbocycles. The van der Waals surface area contributed by atoms with Gasteiger partial charge in [-0.25, -0.2) is 4.98 Å². The van der Waals surface area contributed by atoms with Crippen LogP contribution in [0.4, 0.5) is 0 Å². The maximum Gasteiger partial charge on any atom is 0.0950 e. The summed E-state index contributed by atoms with van der Waals surface area (Å²) in [5.41, 5.74) is 1.13. The summed E-state index contributed by atoms with van der Waals surface area (Å²) in [5.74, 6) is 0.684. The highest BCUT2D eigenvalue weighted by atomic mass is 16.5. The Balaban J connectivity index is 1.68. The van der Waals surface area contributed by atoms with Gasteiger partial charge < -0.3 is 14.6 Å². The highest BCUT2D eigenvalue weighted by Crippen LogP contribution is 2.00. The Hall–Kier alpha value is -0.910. The summed E-state index contributed by atoms with van der Waals surface area (Å²) in [4.78, 5) is 6.88. The lowest BCUT2D eigenvalue weighted by Gasteiger charge is -2.26. The summed E-state index contributed by atoms with van der Waals surface area (Å²) < 4.78 is 7.53. The Kier molecular flexibility index (Phi) is 5.82. The Labute approximate surface area is 116 Å². The van der Waals surface area contributed by atoms with Crippen molar-refractivity contribution in [2.45, 2.75) is 26.9 Å². The van der Waals surface area contributed by atoms with Crippen LogP contribution >= 0.6 is 0 Å². The molecule has 1 aliphatic rings. The fourth-order valence-corrected chi connectivity index (χ4v) is 2.19. The molecule has 1 fully saturated rings. The van der Waals surface area contributed by atoms with Crippen molar-refractivity contribution in [1.82, 2.24) is 19.8 Å². The van der Waals surface area contributed by atoms with Crippen LogP contribution in [0.5, 0.6) is 0 Å². The molecule has 0 atom stereocenters. The summed E-state index contributed by atoms with van der Waals surface area (Å²) in [6.45, 7) is 12.3. The third kappa shape index (κ3) is 5.30. The largest absolute Gasteiger partial charge is 0.379 e. The van der Waals surface area contributed by atoms with Crippen molar-refractivity contribution in [2.75, 3.05) is 39.4 Å². The zero-order chi connectivity index (χ0) is 13.5. The van der Waals surface area contributed by atoms with Crippen LogP contribution in [0.25, 0.3) is 0 Å². The van der Waals surface area contributed by atoms with Crippen LogP contribution in [0.3, 0.4) is 0 Å². The topological polar surface area (TPSA) is 42.3 Å². The van der Waals surface area contributed by atoms with Gasteiger partial charge in [-0.05, 0) is 12.5 Å². The van der Waals surface area contributed by atoms with Crippen molar-refractivity contribution in [3.8, 4) is 0 Å². The van der Waals surface area contributed by atoms with E-state index in [-0.39, 0.29) is 0 Å². The standard InChI is InChI=1S/C14H26N4O/c1-13(2)9-15-10-14-11-18(12-16-14)4-3-17-5-7-19-8-6-17/h11-13,15H,3-10H2,1-2H3. The molecule has 19 heavy (non-hydrogen) atoms. The first kappa shape index (κ1) is 14.5. The van der Waals surface area contributed by atoms with Crippen molar-refractivity contribution in [1.29, 1.82) is 0 Å². The lowest BCUT2D eigenvalue weighted by atomic mass is 10.2. The molecule has 1 aromatic heterocycles. The number of nitrogens with zero attached hydrogens (tertiary/aromatic N) is 3. The van der Waals surface area contributed by atoms with Gasteiger partial charge in [0.25, 0.3) is 0 Å². The Morgan fingerprint density at radius 3 is 2.84 bits per heavy atom. The summed E-state index contributed by atoms with van der Waals surface area (Å²) in [6, 6.07) is 0. The number of hydrogen-bond acceptors (Lipinski definition) is 4. The van der Waals surface area contributed by atoms with Gasteiger partial charge >= 0.3 is 0 Å². The summed E-state index contributed by atoms with van der Waals surface area (Å²) in [7, 11) is 0. The van der Waals surface area contributed by atoms with Gasteiger partial charge in [0.2, 0.25) is 0 Å². The molecule has 0 amide bonds. The minimum atomic E-state index is 0.684. The second-order valence-corrected chi connectivity index (χ2v) is 5.58. The van der Waals surface area contributed by atoms with Gasteiger partial charge in [-0.1, -0.05) is 13.8 Å². The van der Waals surface area contributed by atoms with E-state index in [9.17, 15) is 0 Å². The summed E-state index contributed by atoms with van der Waals surface area (Å²) in [5, 5.41) is 3.42. The van der Waals surface area contributed by atoms with Crippen molar-refractivity contribution < 1.29 is 4.74 Å². The lowest BCUT2D eigenvalue weighted by molar-refractivity contribution is 0.0364. The molecule has 5 nitrogen and oxygen atoms in total. The van der Waals surface area contributed by atoms with E-state index in [0.29, 0.717) is 5.92 Å². The number of morpholine rings is 1. The maximum atomic E-state index is 5.35. The van der Waals surface area contributed by atoms with Crippen LogP contribution in [-0.2, 0) is 17.8 Å². The van der Waals surface area contributed by atoms with E-state index >= 15 is 0 Å². The van der Waals surface area contributed by atoms with Crippen molar-refractivity contribution >= 4 is 0 Å². The smallest absolute Gasteiger partial charge is 0.0950 e. The van der Waals surface area contributed by atoms with E-state index < -0.39 is 0 Å². The van der Waals surface area contributed by atoms with Gasteiger partial charge in [0, 0.05) is 38.9 Å². The molecule has 0 aromatic carbocycles. The van der Waals surface area contributed by atoms with Crippen LogP contribution < -0.4 is 5.32 Å². The number of ether oxygens (including phenoxy) is 1. The quantitative estimate of drug-likeness (QED) is 0.798. The number of nitrogens with one attached hydrogen (secondary N) is 1. The molecule has 5 heteroatoms. The maximum absolute atomic E-state index is 5.35. The average molecular weight is 266 g/mol. The molecule has 0 unspecified atom stereocenters. The fourth-order valence-electron chi connectivity index (χ4n) is 2.19. The van der Waals surface area contributed by atoms with Gasteiger partial charge in [0.05, 0.1) is 25.2 Å². The van der Waals surface area contributed by atoms with E-state index in [4.69, 9.17) is 4.74 Å². The Morgan fingerprint density at radius 1 is 1.32 bits per heavy atom. The van der Waals surface area contributed by atoms with Crippen LogP contribution in [0.2, 0.25) is 0 Å². The molecule has 1 saturated heterocycles. The number of rotatable bonds is 7. The monoisotopic (exact) mass is 266 g/mol. The fraction of sp³-hybridized carbons (Fsp3) is 0.786. The van der Waals surface area contributed by atoms with Crippen LogP contribution in [-0.4, -0.2) is 53.8 Å². The number of aromatic nitrogens is 2. The van der Waals surface area contributed by atoms with E-state index in [0.717, 1.165) is 58.2 Å². The molecule has 1 N–H and O–H groups in total. The second kappa shape index (κ2) is 7.62. The molecule has 1 aromatic rings. The highest BCUT2D eigenvalue weighted by Gasteiger charge is 2.09.